The Kier molecular flexibility index (Phi) is 4.38. The van der Waals surface area contributed by atoms with E-state index in [0.717, 1.165) is 40.0 Å². The fourth-order valence-electron chi connectivity index (χ4n) is 6.05. The summed E-state index contributed by atoms with van der Waals surface area (Å²) in [5.74, 6) is 3.80. The van der Waals surface area contributed by atoms with E-state index in [9.17, 15) is 4.79 Å². The van der Waals surface area contributed by atoms with Crippen molar-refractivity contribution in [1.29, 1.82) is 0 Å². The lowest BCUT2D eigenvalue weighted by Gasteiger charge is -2.56. The van der Waals surface area contributed by atoms with Crippen LogP contribution in [0.2, 0.25) is 0 Å². The van der Waals surface area contributed by atoms with E-state index in [0.29, 0.717) is 5.75 Å². The van der Waals surface area contributed by atoms with E-state index in [1.807, 2.05) is 35.9 Å². The number of carbonyl (C=O) groups excluding carboxylic acids is 1. The standard InChI is InChI=1S/C21H27N5OS/c1-26-19(16-2-4-17(22)5-3-16)24-25-20(26)28-12-18(27)23-21-9-13-6-14(10-21)8-15(7-13)11-21/h2-5,13-15H,6-12,22H2,1H3,(H,23,27). The summed E-state index contributed by atoms with van der Waals surface area (Å²) in [5, 5.41) is 12.8. The van der Waals surface area contributed by atoms with Crippen LogP contribution in [-0.4, -0.2) is 32.0 Å². The van der Waals surface area contributed by atoms with Crippen molar-refractivity contribution in [2.45, 2.75) is 49.2 Å². The average Bonchev–Trinajstić information content (AvgIpc) is 3.00. The zero-order chi connectivity index (χ0) is 19.3. The van der Waals surface area contributed by atoms with E-state index < -0.39 is 0 Å². The summed E-state index contributed by atoms with van der Waals surface area (Å²) in [5.41, 5.74) is 7.52. The molecule has 6 rings (SSSR count). The molecule has 0 atom stereocenters. The SMILES string of the molecule is Cn1c(SCC(=O)NC23CC4CC(CC(C4)C2)C3)nnc1-c1ccc(N)cc1. The number of anilines is 1. The van der Waals surface area contributed by atoms with Crippen molar-refractivity contribution in [3.63, 3.8) is 0 Å². The molecule has 0 radical (unpaired) electrons. The maximum Gasteiger partial charge on any atom is 0.230 e. The van der Waals surface area contributed by atoms with Gasteiger partial charge < -0.3 is 15.6 Å². The number of benzene rings is 1. The second-order valence-corrected chi connectivity index (χ2v) is 9.96. The Labute approximate surface area is 169 Å². The highest BCUT2D eigenvalue weighted by Crippen LogP contribution is 2.55. The number of rotatable bonds is 5. The molecule has 6 nitrogen and oxygen atoms in total. The van der Waals surface area contributed by atoms with E-state index in [2.05, 4.69) is 15.5 Å². The third-order valence-electron chi connectivity index (χ3n) is 6.78. The number of nitrogens with one attached hydrogen (secondary N) is 1. The molecule has 4 saturated carbocycles. The molecule has 4 fully saturated rings. The fraction of sp³-hybridized carbons (Fsp3) is 0.571. The van der Waals surface area contributed by atoms with Gasteiger partial charge in [-0.25, -0.2) is 0 Å². The number of nitrogen functional groups attached to an aromatic ring is 1. The molecule has 1 heterocycles. The van der Waals surface area contributed by atoms with Crippen LogP contribution in [0.1, 0.15) is 38.5 Å². The number of aromatic nitrogens is 3. The summed E-state index contributed by atoms with van der Waals surface area (Å²) >= 11 is 1.46. The number of nitrogens with two attached hydrogens (primary N) is 1. The number of hydrogen-bond donors (Lipinski definition) is 2. The van der Waals surface area contributed by atoms with Crippen LogP contribution in [0.3, 0.4) is 0 Å². The van der Waals surface area contributed by atoms with Gasteiger partial charge in [0.15, 0.2) is 11.0 Å². The van der Waals surface area contributed by atoms with E-state index >= 15 is 0 Å². The predicted octanol–water partition coefficient (Wildman–Crippen LogP) is 3.24. The lowest BCUT2D eigenvalue weighted by Crippen LogP contribution is -2.60. The molecule has 4 aliphatic rings. The van der Waals surface area contributed by atoms with Crippen LogP contribution in [0.15, 0.2) is 29.4 Å². The van der Waals surface area contributed by atoms with Crippen molar-refractivity contribution in [3.8, 4) is 11.4 Å². The van der Waals surface area contributed by atoms with Crippen molar-refractivity contribution in [3.05, 3.63) is 24.3 Å². The predicted molar refractivity (Wildman–Crippen MR) is 111 cm³/mol. The molecule has 4 bridgehead atoms. The normalized spacial score (nSPS) is 30.5. The lowest BCUT2D eigenvalue weighted by molar-refractivity contribution is -0.124. The highest BCUT2D eigenvalue weighted by molar-refractivity contribution is 7.99. The maximum atomic E-state index is 12.7. The van der Waals surface area contributed by atoms with E-state index in [1.165, 1.54) is 50.3 Å². The third-order valence-corrected chi connectivity index (χ3v) is 7.80. The van der Waals surface area contributed by atoms with Gasteiger partial charge in [-0.15, -0.1) is 10.2 Å². The van der Waals surface area contributed by atoms with Gasteiger partial charge in [0.25, 0.3) is 0 Å². The highest BCUT2D eigenvalue weighted by Gasteiger charge is 2.51. The molecule has 2 aromatic rings. The number of thioether (sulfide) groups is 1. The van der Waals surface area contributed by atoms with Crippen molar-refractivity contribution in [2.24, 2.45) is 24.8 Å². The second-order valence-electron chi connectivity index (χ2n) is 9.02. The molecule has 148 valence electrons. The van der Waals surface area contributed by atoms with E-state index in [-0.39, 0.29) is 11.4 Å². The van der Waals surface area contributed by atoms with Gasteiger partial charge in [0.05, 0.1) is 5.75 Å². The second kappa shape index (κ2) is 6.79. The minimum absolute atomic E-state index is 0.0708. The van der Waals surface area contributed by atoms with Gasteiger partial charge in [0.1, 0.15) is 0 Å². The van der Waals surface area contributed by atoms with E-state index in [1.54, 1.807) is 0 Å². The number of amides is 1. The minimum Gasteiger partial charge on any atom is -0.399 e. The molecule has 1 amide bonds. The number of carbonyl (C=O) groups is 1. The van der Waals surface area contributed by atoms with Crippen molar-refractivity contribution in [1.82, 2.24) is 20.1 Å². The van der Waals surface area contributed by atoms with Crippen LogP contribution >= 0.6 is 11.8 Å². The molecule has 0 aliphatic heterocycles. The summed E-state index contributed by atoms with van der Waals surface area (Å²) in [6, 6.07) is 7.59. The smallest absolute Gasteiger partial charge is 0.230 e. The number of hydrogen-bond acceptors (Lipinski definition) is 5. The largest absolute Gasteiger partial charge is 0.399 e. The Bertz CT molecular complexity index is 855. The van der Waals surface area contributed by atoms with Gasteiger partial charge in [-0.1, -0.05) is 11.8 Å². The Morgan fingerprint density at radius 2 is 1.75 bits per heavy atom. The zero-order valence-electron chi connectivity index (χ0n) is 16.2. The summed E-state index contributed by atoms with van der Waals surface area (Å²) < 4.78 is 1.94. The third kappa shape index (κ3) is 3.30. The molecule has 1 aromatic heterocycles. The van der Waals surface area contributed by atoms with Crippen LogP contribution < -0.4 is 11.1 Å². The molecule has 1 aromatic carbocycles. The lowest BCUT2D eigenvalue weighted by atomic mass is 9.53. The van der Waals surface area contributed by atoms with Crippen molar-refractivity contribution in [2.75, 3.05) is 11.5 Å². The van der Waals surface area contributed by atoms with Gasteiger partial charge >= 0.3 is 0 Å². The summed E-state index contributed by atoms with van der Waals surface area (Å²) in [6.07, 6.45) is 7.70. The summed E-state index contributed by atoms with van der Waals surface area (Å²) in [7, 11) is 1.94. The van der Waals surface area contributed by atoms with Gasteiger partial charge in [-0.2, -0.15) is 0 Å². The van der Waals surface area contributed by atoms with E-state index in [4.69, 9.17) is 5.73 Å². The quantitative estimate of drug-likeness (QED) is 0.597. The van der Waals surface area contributed by atoms with Crippen LogP contribution in [0, 0.1) is 17.8 Å². The maximum absolute atomic E-state index is 12.7. The molecular weight excluding hydrogens is 370 g/mol. The highest BCUT2D eigenvalue weighted by atomic mass is 32.2. The fourth-order valence-corrected chi connectivity index (χ4v) is 6.76. The molecule has 3 N–H and O–H groups in total. The summed E-state index contributed by atoms with van der Waals surface area (Å²) in [6.45, 7) is 0. The van der Waals surface area contributed by atoms with Crippen LogP contribution in [0.25, 0.3) is 11.4 Å². The first kappa shape index (κ1) is 18.0. The van der Waals surface area contributed by atoms with Gasteiger partial charge in [0.2, 0.25) is 5.91 Å². The molecule has 0 unspecified atom stereocenters. The van der Waals surface area contributed by atoms with Gasteiger partial charge in [0, 0.05) is 23.8 Å². The first-order chi connectivity index (χ1) is 13.5. The monoisotopic (exact) mass is 397 g/mol. The molecule has 0 spiro atoms. The Morgan fingerprint density at radius 1 is 1.14 bits per heavy atom. The summed E-state index contributed by atoms with van der Waals surface area (Å²) in [4.78, 5) is 12.7. The first-order valence-corrected chi connectivity index (χ1v) is 11.2. The Hall–Kier alpha value is -2.02. The molecule has 0 saturated heterocycles. The molecule has 4 aliphatic carbocycles. The van der Waals surface area contributed by atoms with Crippen LogP contribution in [0.4, 0.5) is 5.69 Å². The van der Waals surface area contributed by atoms with Crippen molar-refractivity contribution >= 4 is 23.4 Å². The van der Waals surface area contributed by atoms with Crippen LogP contribution in [0.5, 0.6) is 0 Å². The van der Waals surface area contributed by atoms with Gasteiger partial charge in [-0.05, 0) is 80.5 Å². The Morgan fingerprint density at radius 3 is 2.36 bits per heavy atom. The Balaban J connectivity index is 1.22. The topological polar surface area (TPSA) is 85.8 Å². The molecule has 7 heteroatoms. The molecular formula is C21H27N5OS. The molecule has 28 heavy (non-hydrogen) atoms. The number of nitrogens with zero attached hydrogens (tertiary/aromatic N) is 3. The minimum atomic E-state index is 0.0708. The average molecular weight is 398 g/mol. The zero-order valence-corrected chi connectivity index (χ0v) is 17.0. The van der Waals surface area contributed by atoms with Crippen molar-refractivity contribution < 1.29 is 4.79 Å². The van der Waals surface area contributed by atoms with Gasteiger partial charge in [-0.3, -0.25) is 4.79 Å². The van der Waals surface area contributed by atoms with Crippen LogP contribution in [-0.2, 0) is 11.8 Å². The first-order valence-electron chi connectivity index (χ1n) is 10.2.